The standard InChI is InChI=1S/C13H14N2O3S2/c1-7-11(20-6-5-19-7)12-14-13(18-15-12)10-8(16)3-2-4-9(10)17/h2-4,7,11,16-17H,5-6H2,1H3. The van der Waals surface area contributed by atoms with Gasteiger partial charge in [0.2, 0.25) is 0 Å². The molecule has 0 radical (unpaired) electrons. The van der Waals surface area contributed by atoms with Crippen LogP contribution in [0.2, 0.25) is 0 Å². The highest BCUT2D eigenvalue weighted by atomic mass is 32.2. The van der Waals surface area contributed by atoms with E-state index >= 15 is 0 Å². The molecule has 1 aliphatic rings. The average molecular weight is 310 g/mol. The van der Waals surface area contributed by atoms with Gasteiger partial charge in [-0.1, -0.05) is 18.1 Å². The summed E-state index contributed by atoms with van der Waals surface area (Å²) in [5, 5.41) is 24.2. The maximum Gasteiger partial charge on any atom is 0.265 e. The van der Waals surface area contributed by atoms with E-state index in [4.69, 9.17) is 4.52 Å². The van der Waals surface area contributed by atoms with Crippen molar-refractivity contribution in [3.05, 3.63) is 24.0 Å². The first kappa shape index (κ1) is 13.6. The van der Waals surface area contributed by atoms with E-state index in [1.807, 2.05) is 23.5 Å². The summed E-state index contributed by atoms with van der Waals surface area (Å²) in [5.41, 5.74) is 0.187. The van der Waals surface area contributed by atoms with Gasteiger partial charge in [0.1, 0.15) is 17.1 Å². The smallest absolute Gasteiger partial charge is 0.265 e. The third-order valence-corrected chi connectivity index (χ3v) is 6.20. The van der Waals surface area contributed by atoms with Crippen molar-refractivity contribution in [1.82, 2.24) is 10.1 Å². The third-order valence-electron chi connectivity index (χ3n) is 3.12. The molecule has 7 heteroatoms. The highest BCUT2D eigenvalue weighted by Crippen LogP contribution is 2.42. The quantitative estimate of drug-likeness (QED) is 0.882. The van der Waals surface area contributed by atoms with Crippen LogP contribution in [-0.4, -0.2) is 37.1 Å². The largest absolute Gasteiger partial charge is 0.507 e. The van der Waals surface area contributed by atoms with E-state index in [0.29, 0.717) is 11.1 Å². The number of hydrogen-bond acceptors (Lipinski definition) is 7. The number of rotatable bonds is 2. The van der Waals surface area contributed by atoms with Crippen molar-refractivity contribution < 1.29 is 14.7 Å². The molecule has 2 heterocycles. The van der Waals surface area contributed by atoms with E-state index in [1.165, 1.54) is 12.1 Å². The van der Waals surface area contributed by atoms with Gasteiger partial charge in [0.05, 0.1) is 5.25 Å². The Morgan fingerprint density at radius 3 is 2.60 bits per heavy atom. The van der Waals surface area contributed by atoms with E-state index in [1.54, 1.807) is 6.07 Å². The molecule has 2 N–H and O–H groups in total. The fraction of sp³-hybridized carbons (Fsp3) is 0.385. The van der Waals surface area contributed by atoms with E-state index in [2.05, 4.69) is 17.1 Å². The highest BCUT2D eigenvalue weighted by Gasteiger charge is 2.29. The van der Waals surface area contributed by atoms with Crippen molar-refractivity contribution in [2.75, 3.05) is 11.5 Å². The number of nitrogens with zero attached hydrogens (tertiary/aromatic N) is 2. The molecule has 0 saturated carbocycles. The van der Waals surface area contributed by atoms with Crippen LogP contribution in [0.25, 0.3) is 11.5 Å². The van der Waals surface area contributed by atoms with Gasteiger partial charge in [0, 0.05) is 16.8 Å². The third kappa shape index (κ3) is 2.47. The molecular weight excluding hydrogens is 296 g/mol. The molecular formula is C13H14N2O3S2. The first-order valence-electron chi connectivity index (χ1n) is 6.25. The molecule has 1 saturated heterocycles. The Balaban J connectivity index is 1.94. The van der Waals surface area contributed by atoms with Crippen molar-refractivity contribution in [2.45, 2.75) is 17.4 Å². The summed E-state index contributed by atoms with van der Waals surface area (Å²) in [7, 11) is 0. The van der Waals surface area contributed by atoms with Gasteiger partial charge in [0.25, 0.3) is 5.89 Å². The average Bonchev–Trinajstić information content (AvgIpc) is 2.88. The van der Waals surface area contributed by atoms with Gasteiger partial charge >= 0.3 is 0 Å². The van der Waals surface area contributed by atoms with Gasteiger partial charge in [-0.15, -0.1) is 11.8 Å². The van der Waals surface area contributed by atoms with E-state index < -0.39 is 0 Å². The van der Waals surface area contributed by atoms with Crippen LogP contribution < -0.4 is 0 Å². The van der Waals surface area contributed by atoms with Crippen LogP contribution in [0.15, 0.2) is 22.7 Å². The zero-order valence-electron chi connectivity index (χ0n) is 10.8. The number of phenolic OH excluding ortho intramolecular Hbond substituents is 2. The van der Waals surface area contributed by atoms with Crippen molar-refractivity contribution in [1.29, 1.82) is 0 Å². The summed E-state index contributed by atoms with van der Waals surface area (Å²) >= 11 is 3.70. The predicted molar refractivity (Wildman–Crippen MR) is 80.2 cm³/mol. The molecule has 20 heavy (non-hydrogen) atoms. The van der Waals surface area contributed by atoms with Crippen LogP contribution in [0.5, 0.6) is 11.5 Å². The van der Waals surface area contributed by atoms with Gasteiger partial charge in [0.15, 0.2) is 5.82 Å². The van der Waals surface area contributed by atoms with Gasteiger partial charge in [-0.25, -0.2) is 0 Å². The predicted octanol–water partition coefficient (Wildman–Crippen LogP) is 3.06. The van der Waals surface area contributed by atoms with Crippen LogP contribution >= 0.6 is 23.5 Å². The molecule has 0 spiro atoms. The van der Waals surface area contributed by atoms with Gasteiger partial charge < -0.3 is 14.7 Å². The second-order valence-corrected chi connectivity index (χ2v) is 7.23. The Labute approximate surface area is 124 Å². The fourth-order valence-electron chi connectivity index (χ4n) is 2.12. The van der Waals surface area contributed by atoms with E-state index in [-0.39, 0.29) is 28.2 Å². The number of phenols is 2. The maximum atomic E-state index is 9.82. The lowest BCUT2D eigenvalue weighted by Gasteiger charge is -2.24. The second-order valence-electron chi connectivity index (χ2n) is 4.50. The number of aromatic hydroxyl groups is 2. The lowest BCUT2D eigenvalue weighted by molar-refractivity contribution is 0.409. The van der Waals surface area contributed by atoms with Crippen molar-refractivity contribution >= 4 is 23.5 Å². The van der Waals surface area contributed by atoms with Crippen molar-refractivity contribution in [2.24, 2.45) is 0 Å². The Bertz CT molecular complexity index is 597. The van der Waals surface area contributed by atoms with Crippen LogP contribution in [0.1, 0.15) is 18.0 Å². The molecule has 1 aromatic carbocycles. The van der Waals surface area contributed by atoms with Crippen LogP contribution in [0, 0.1) is 0 Å². The number of hydrogen-bond donors (Lipinski definition) is 2. The van der Waals surface area contributed by atoms with Gasteiger partial charge in [-0.3, -0.25) is 0 Å². The topological polar surface area (TPSA) is 79.4 Å². The van der Waals surface area contributed by atoms with Crippen LogP contribution in [0.3, 0.4) is 0 Å². The van der Waals surface area contributed by atoms with Crippen molar-refractivity contribution in [3.8, 4) is 23.0 Å². The molecule has 106 valence electrons. The molecule has 1 fully saturated rings. The zero-order chi connectivity index (χ0) is 14.1. The lowest BCUT2D eigenvalue weighted by Crippen LogP contribution is -2.16. The zero-order valence-corrected chi connectivity index (χ0v) is 12.4. The molecule has 2 atom stereocenters. The van der Waals surface area contributed by atoms with E-state index in [0.717, 1.165) is 11.5 Å². The van der Waals surface area contributed by atoms with Crippen molar-refractivity contribution in [3.63, 3.8) is 0 Å². The maximum absolute atomic E-state index is 9.82. The second kappa shape index (κ2) is 5.57. The Hall–Kier alpha value is -1.34. The minimum atomic E-state index is -0.0704. The summed E-state index contributed by atoms with van der Waals surface area (Å²) in [6, 6.07) is 4.51. The summed E-state index contributed by atoms with van der Waals surface area (Å²) in [5.74, 6) is 2.82. The molecule has 3 rings (SSSR count). The molecule has 1 aromatic heterocycles. The molecule has 1 aliphatic heterocycles. The SMILES string of the molecule is CC1SCCSC1c1noc(-c2c(O)cccc2O)n1. The number of aromatic nitrogens is 2. The molecule has 5 nitrogen and oxygen atoms in total. The summed E-state index contributed by atoms with van der Waals surface area (Å²) in [6.07, 6.45) is 0. The summed E-state index contributed by atoms with van der Waals surface area (Å²) in [4.78, 5) is 4.34. The molecule has 0 aliphatic carbocycles. The van der Waals surface area contributed by atoms with Gasteiger partial charge in [-0.05, 0) is 12.1 Å². The monoisotopic (exact) mass is 310 g/mol. The summed E-state index contributed by atoms with van der Waals surface area (Å²) < 4.78 is 5.21. The lowest BCUT2D eigenvalue weighted by atomic mass is 10.2. The Morgan fingerprint density at radius 2 is 1.90 bits per heavy atom. The summed E-state index contributed by atoms with van der Waals surface area (Å²) in [6.45, 7) is 2.15. The fourth-order valence-corrected chi connectivity index (χ4v) is 4.80. The van der Waals surface area contributed by atoms with E-state index in [9.17, 15) is 10.2 Å². The first-order valence-corrected chi connectivity index (χ1v) is 8.34. The normalized spacial score (nSPS) is 22.9. The molecule has 0 amide bonds. The number of benzene rings is 1. The Morgan fingerprint density at radius 1 is 1.20 bits per heavy atom. The van der Waals surface area contributed by atoms with Crippen LogP contribution in [-0.2, 0) is 0 Å². The number of thioether (sulfide) groups is 2. The molecule has 2 unspecified atom stereocenters. The molecule has 2 aromatic rings. The first-order chi connectivity index (χ1) is 9.66. The minimum absolute atomic E-state index is 0.0704. The van der Waals surface area contributed by atoms with Crippen LogP contribution in [0.4, 0.5) is 0 Å². The Kier molecular flexibility index (Phi) is 3.80. The highest BCUT2D eigenvalue weighted by molar-refractivity contribution is 8.06. The van der Waals surface area contributed by atoms with Gasteiger partial charge in [-0.2, -0.15) is 16.7 Å². The molecule has 0 bridgehead atoms. The minimum Gasteiger partial charge on any atom is -0.507 e.